The highest BCUT2D eigenvalue weighted by atomic mass is 16.3. The number of fused-ring (bicyclic) bond motifs is 1. The van der Waals surface area contributed by atoms with Gasteiger partial charge in [-0.15, -0.1) is 0 Å². The van der Waals surface area contributed by atoms with E-state index in [9.17, 15) is 20.1 Å². The van der Waals surface area contributed by atoms with Crippen molar-refractivity contribution in [3.05, 3.63) is 33.9 Å². The molecule has 3 rings (SSSR count). The summed E-state index contributed by atoms with van der Waals surface area (Å²) >= 11 is 0. The minimum atomic E-state index is -0.307. The Morgan fingerprint density at radius 1 is 1.19 bits per heavy atom. The lowest BCUT2D eigenvalue weighted by atomic mass is 9.49. The van der Waals surface area contributed by atoms with Crippen molar-refractivity contribution in [2.45, 2.75) is 72.8 Å². The molecule has 1 aromatic rings. The molecule has 2 aliphatic carbocycles. The third kappa shape index (κ3) is 2.98. The number of benzene rings is 1. The van der Waals surface area contributed by atoms with E-state index in [-0.39, 0.29) is 34.0 Å². The van der Waals surface area contributed by atoms with E-state index in [2.05, 4.69) is 27.7 Å². The highest BCUT2D eigenvalue weighted by Crippen LogP contribution is 2.60. The molecule has 0 heterocycles. The van der Waals surface area contributed by atoms with Gasteiger partial charge in [0, 0.05) is 12.0 Å². The Kier molecular flexibility index (Phi) is 4.92. The van der Waals surface area contributed by atoms with Crippen LogP contribution in [0.5, 0.6) is 11.5 Å². The van der Waals surface area contributed by atoms with Crippen molar-refractivity contribution in [3.8, 4) is 11.5 Å². The molecule has 0 aromatic heterocycles. The van der Waals surface area contributed by atoms with Crippen LogP contribution in [0.25, 0.3) is 0 Å². The van der Waals surface area contributed by atoms with Crippen LogP contribution >= 0.6 is 0 Å². The van der Waals surface area contributed by atoms with Crippen molar-refractivity contribution in [2.24, 2.45) is 16.7 Å². The standard InChI is InChI=1S/C23H32O4/c1-13-6-7-19-22(3,4)20(26)8-9-23(19,5)17(13)11-15-18(25)10-14(2)16(12-24)21(15)27/h10,12,19-20,25-27H,6-9,11H2,1-5H3/t19-,20-,23+/m0/s1. The summed E-state index contributed by atoms with van der Waals surface area (Å²) in [5, 5.41) is 31.7. The lowest BCUT2D eigenvalue weighted by Gasteiger charge is -2.57. The smallest absolute Gasteiger partial charge is 0.154 e. The number of phenols is 2. The van der Waals surface area contributed by atoms with Gasteiger partial charge in [0.15, 0.2) is 6.29 Å². The van der Waals surface area contributed by atoms with E-state index in [1.54, 1.807) is 13.0 Å². The van der Waals surface area contributed by atoms with Gasteiger partial charge in [0.2, 0.25) is 0 Å². The average molecular weight is 373 g/mol. The first-order valence-corrected chi connectivity index (χ1v) is 9.90. The summed E-state index contributed by atoms with van der Waals surface area (Å²) in [5.41, 5.74) is 3.53. The van der Waals surface area contributed by atoms with E-state index in [0.29, 0.717) is 29.8 Å². The van der Waals surface area contributed by atoms with Gasteiger partial charge in [0.05, 0.1) is 11.7 Å². The first-order chi connectivity index (χ1) is 12.5. The molecule has 27 heavy (non-hydrogen) atoms. The van der Waals surface area contributed by atoms with Crippen LogP contribution in [0.15, 0.2) is 17.2 Å². The molecule has 0 saturated heterocycles. The number of carbonyl (C=O) groups excluding carboxylic acids is 1. The van der Waals surface area contributed by atoms with Gasteiger partial charge in [0.1, 0.15) is 11.5 Å². The van der Waals surface area contributed by atoms with Crippen molar-refractivity contribution >= 4 is 6.29 Å². The van der Waals surface area contributed by atoms with Crippen LogP contribution in [0.1, 0.15) is 74.9 Å². The predicted molar refractivity (Wildman–Crippen MR) is 106 cm³/mol. The lowest BCUT2D eigenvalue weighted by molar-refractivity contribution is -0.0890. The highest BCUT2D eigenvalue weighted by Gasteiger charge is 2.53. The van der Waals surface area contributed by atoms with Gasteiger partial charge in [-0.05, 0) is 67.9 Å². The summed E-state index contributed by atoms with van der Waals surface area (Å²) < 4.78 is 0. The molecule has 0 unspecified atom stereocenters. The molecule has 4 heteroatoms. The third-order valence-electron chi connectivity index (χ3n) is 7.58. The lowest BCUT2D eigenvalue weighted by Crippen LogP contribution is -2.52. The van der Waals surface area contributed by atoms with Crippen LogP contribution in [0.3, 0.4) is 0 Å². The number of allylic oxidation sites excluding steroid dienone is 2. The third-order valence-corrected chi connectivity index (χ3v) is 7.58. The number of aryl methyl sites for hydroxylation is 1. The molecule has 0 radical (unpaired) electrons. The number of aldehydes is 1. The quantitative estimate of drug-likeness (QED) is 0.532. The van der Waals surface area contributed by atoms with Crippen LogP contribution in [0.2, 0.25) is 0 Å². The number of phenolic OH excluding ortho intramolecular Hbond substituents is 2. The first-order valence-electron chi connectivity index (χ1n) is 9.90. The molecule has 1 fully saturated rings. The normalized spacial score (nSPS) is 30.1. The van der Waals surface area contributed by atoms with Gasteiger partial charge in [-0.2, -0.15) is 0 Å². The Bertz CT molecular complexity index is 805. The summed E-state index contributed by atoms with van der Waals surface area (Å²) in [5.74, 6) is 0.271. The van der Waals surface area contributed by atoms with Gasteiger partial charge >= 0.3 is 0 Å². The molecule has 1 saturated carbocycles. The van der Waals surface area contributed by atoms with Crippen molar-refractivity contribution in [1.82, 2.24) is 0 Å². The molecule has 1 aromatic carbocycles. The van der Waals surface area contributed by atoms with Gasteiger partial charge in [-0.3, -0.25) is 4.79 Å². The van der Waals surface area contributed by atoms with Crippen LogP contribution in [0, 0.1) is 23.7 Å². The number of aliphatic hydroxyl groups excluding tert-OH is 1. The molecule has 2 aliphatic rings. The van der Waals surface area contributed by atoms with E-state index in [0.717, 1.165) is 25.7 Å². The second-order valence-corrected chi connectivity index (χ2v) is 9.39. The Hall–Kier alpha value is -1.81. The Balaban J connectivity index is 2.08. The van der Waals surface area contributed by atoms with E-state index >= 15 is 0 Å². The molecule has 0 bridgehead atoms. The molecule has 0 spiro atoms. The van der Waals surface area contributed by atoms with Gasteiger partial charge in [-0.1, -0.05) is 31.9 Å². The van der Waals surface area contributed by atoms with Crippen molar-refractivity contribution in [2.75, 3.05) is 0 Å². The zero-order valence-electron chi connectivity index (χ0n) is 17.1. The predicted octanol–water partition coefficient (Wildman–Crippen LogP) is 4.67. The summed E-state index contributed by atoms with van der Waals surface area (Å²) in [7, 11) is 0. The molecule has 0 amide bonds. The number of carbonyl (C=O) groups is 1. The Morgan fingerprint density at radius 2 is 1.85 bits per heavy atom. The molecule has 3 atom stereocenters. The molecular weight excluding hydrogens is 340 g/mol. The maximum absolute atomic E-state index is 11.4. The largest absolute Gasteiger partial charge is 0.508 e. The maximum atomic E-state index is 11.4. The second kappa shape index (κ2) is 6.66. The fourth-order valence-corrected chi connectivity index (χ4v) is 5.78. The molecule has 0 aliphatic heterocycles. The molecule has 148 valence electrons. The van der Waals surface area contributed by atoms with Crippen LogP contribution in [-0.2, 0) is 6.42 Å². The van der Waals surface area contributed by atoms with E-state index < -0.39 is 0 Å². The zero-order valence-corrected chi connectivity index (χ0v) is 17.1. The number of hydrogen-bond acceptors (Lipinski definition) is 4. The van der Waals surface area contributed by atoms with Gasteiger partial charge in [-0.25, -0.2) is 0 Å². The Labute approximate surface area is 161 Å². The number of aliphatic hydroxyl groups is 1. The van der Waals surface area contributed by atoms with E-state index in [1.165, 1.54) is 11.1 Å². The van der Waals surface area contributed by atoms with Crippen molar-refractivity contribution in [3.63, 3.8) is 0 Å². The fourth-order valence-electron chi connectivity index (χ4n) is 5.78. The number of rotatable bonds is 3. The SMILES string of the molecule is CC1=C(Cc2c(O)cc(C)c(C=O)c2O)[C@@]2(C)CC[C@H](O)C(C)(C)[C@@H]2CC1. The second-order valence-electron chi connectivity index (χ2n) is 9.39. The number of hydrogen-bond donors (Lipinski definition) is 3. The van der Waals surface area contributed by atoms with Gasteiger partial charge in [0.25, 0.3) is 0 Å². The van der Waals surface area contributed by atoms with Crippen molar-refractivity contribution in [1.29, 1.82) is 0 Å². The van der Waals surface area contributed by atoms with E-state index in [4.69, 9.17) is 0 Å². The molecule has 4 nitrogen and oxygen atoms in total. The van der Waals surface area contributed by atoms with Gasteiger partial charge < -0.3 is 15.3 Å². The molecular formula is C23H32O4. The minimum absolute atomic E-state index is 0.0386. The summed E-state index contributed by atoms with van der Waals surface area (Å²) in [6.07, 6.45) is 4.43. The van der Waals surface area contributed by atoms with Crippen LogP contribution < -0.4 is 0 Å². The number of aromatic hydroxyl groups is 2. The topological polar surface area (TPSA) is 77.8 Å². The fraction of sp³-hybridized carbons (Fsp3) is 0.609. The van der Waals surface area contributed by atoms with Crippen LogP contribution in [-0.4, -0.2) is 27.7 Å². The minimum Gasteiger partial charge on any atom is -0.508 e. The average Bonchev–Trinajstić information content (AvgIpc) is 2.57. The summed E-state index contributed by atoms with van der Waals surface area (Å²) in [4.78, 5) is 11.4. The first kappa shape index (κ1) is 19.9. The van der Waals surface area contributed by atoms with Crippen LogP contribution in [0.4, 0.5) is 0 Å². The summed E-state index contributed by atoms with van der Waals surface area (Å²) in [6, 6.07) is 1.56. The highest BCUT2D eigenvalue weighted by molar-refractivity contribution is 5.83. The Morgan fingerprint density at radius 3 is 2.48 bits per heavy atom. The van der Waals surface area contributed by atoms with E-state index in [1.807, 2.05) is 0 Å². The summed E-state index contributed by atoms with van der Waals surface area (Å²) in [6.45, 7) is 10.4. The van der Waals surface area contributed by atoms with Crippen molar-refractivity contribution < 1.29 is 20.1 Å². The molecule has 3 N–H and O–H groups in total. The zero-order chi connectivity index (χ0) is 20.1. The maximum Gasteiger partial charge on any atom is 0.154 e. The monoisotopic (exact) mass is 372 g/mol.